The first-order chi connectivity index (χ1) is 9.59. The lowest BCUT2D eigenvalue weighted by molar-refractivity contribution is -0.143. The highest BCUT2D eigenvalue weighted by atomic mass is 16.4. The summed E-state index contributed by atoms with van der Waals surface area (Å²) in [4.78, 5) is 16.2. The Morgan fingerprint density at radius 3 is 2.70 bits per heavy atom. The van der Waals surface area contributed by atoms with Gasteiger partial charge in [-0.2, -0.15) is 5.10 Å². The second-order valence-corrected chi connectivity index (χ2v) is 5.59. The Morgan fingerprint density at radius 1 is 1.40 bits per heavy atom. The van der Waals surface area contributed by atoms with Crippen LogP contribution in [0.3, 0.4) is 0 Å². The number of nitrogens with zero attached hydrogens (tertiary/aromatic N) is 2. The molecular weight excluding hydrogens is 254 g/mol. The Labute approximate surface area is 117 Å². The Balaban J connectivity index is 1.88. The van der Waals surface area contributed by atoms with Crippen LogP contribution in [0, 0.1) is 0 Å². The maximum absolute atomic E-state index is 11.7. The first-order valence-corrected chi connectivity index (χ1v) is 6.80. The number of carboxylic acid groups (broad SMARTS) is 1. The minimum Gasteiger partial charge on any atom is -0.481 e. The summed E-state index contributed by atoms with van der Waals surface area (Å²) in [6.07, 6.45) is 2.57. The molecule has 20 heavy (non-hydrogen) atoms. The molecule has 104 valence electrons. The SMILES string of the molecule is CC(Cc1nc(C2CC2)n[nH]1)(C(=O)O)c1ccccc1. The standard InChI is InChI=1S/C15H17N3O2/c1-15(14(19)20,11-5-3-2-4-6-11)9-12-16-13(18-17-12)10-7-8-10/h2-6,10H,7-9H2,1H3,(H,19,20)(H,16,17,18). The molecule has 2 aromatic rings. The number of nitrogens with one attached hydrogen (secondary N) is 1. The fraction of sp³-hybridized carbons (Fsp3) is 0.400. The lowest BCUT2D eigenvalue weighted by Crippen LogP contribution is -2.35. The number of aromatic nitrogens is 3. The van der Waals surface area contributed by atoms with Crippen molar-refractivity contribution in [2.24, 2.45) is 0 Å². The van der Waals surface area contributed by atoms with Crippen LogP contribution in [0.15, 0.2) is 30.3 Å². The molecule has 5 nitrogen and oxygen atoms in total. The van der Waals surface area contributed by atoms with E-state index in [0.29, 0.717) is 18.2 Å². The van der Waals surface area contributed by atoms with Gasteiger partial charge in [0, 0.05) is 12.3 Å². The second kappa shape index (κ2) is 4.74. The molecule has 0 radical (unpaired) electrons. The van der Waals surface area contributed by atoms with Crippen molar-refractivity contribution in [2.75, 3.05) is 0 Å². The Bertz CT molecular complexity index is 619. The van der Waals surface area contributed by atoms with Gasteiger partial charge in [0.05, 0.1) is 5.41 Å². The molecule has 1 atom stereocenters. The lowest BCUT2D eigenvalue weighted by Gasteiger charge is -2.24. The van der Waals surface area contributed by atoms with Gasteiger partial charge < -0.3 is 5.11 Å². The number of hydrogen-bond donors (Lipinski definition) is 2. The molecule has 0 saturated heterocycles. The Hall–Kier alpha value is -2.17. The van der Waals surface area contributed by atoms with Crippen molar-refractivity contribution in [1.29, 1.82) is 0 Å². The lowest BCUT2D eigenvalue weighted by atomic mass is 9.79. The van der Waals surface area contributed by atoms with Crippen molar-refractivity contribution >= 4 is 5.97 Å². The van der Waals surface area contributed by atoms with Crippen molar-refractivity contribution in [3.63, 3.8) is 0 Å². The summed E-state index contributed by atoms with van der Waals surface area (Å²) in [7, 11) is 0. The van der Waals surface area contributed by atoms with Crippen LogP contribution in [-0.2, 0) is 16.6 Å². The number of benzene rings is 1. The molecule has 0 bridgehead atoms. The van der Waals surface area contributed by atoms with Gasteiger partial charge in [0.25, 0.3) is 0 Å². The molecule has 0 amide bonds. The molecule has 1 aliphatic carbocycles. The van der Waals surface area contributed by atoms with Crippen molar-refractivity contribution in [2.45, 2.75) is 37.5 Å². The van der Waals surface area contributed by atoms with Crippen LogP contribution in [-0.4, -0.2) is 26.3 Å². The van der Waals surface area contributed by atoms with Crippen LogP contribution < -0.4 is 0 Å². The molecule has 1 fully saturated rings. The Kier molecular flexibility index (Phi) is 3.04. The van der Waals surface area contributed by atoms with Crippen molar-refractivity contribution < 1.29 is 9.90 Å². The fourth-order valence-electron chi connectivity index (χ4n) is 2.36. The van der Waals surface area contributed by atoms with Crippen LogP contribution in [0.1, 0.15) is 42.9 Å². The minimum absolute atomic E-state index is 0.312. The molecule has 3 rings (SSSR count). The molecule has 5 heteroatoms. The third-order valence-electron chi connectivity index (χ3n) is 3.90. The van der Waals surface area contributed by atoms with E-state index in [9.17, 15) is 9.90 Å². The quantitative estimate of drug-likeness (QED) is 0.874. The third-order valence-corrected chi connectivity index (χ3v) is 3.90. The second-order valence-electron chi connectivity index (χ2n) is 5.59. The van der Waals surface area contributed by atoms with E-state index in [1.165, 1.54) is 0 Å². The summed E-state index contributed by atoms with van der Waals surface area (Å²) in [5.74, 6) is 1.07. The third kappa shape index (κ3) is 2.31. The Morgan fingerprint density at radius 2 is 2.10 bits per heavy atom. The van der Waals surface area contributed by atoms with Crippen LogP contribution in [0.5, 0.6) is 0 Å². The predicted molar refractivity (Wildman–Crippen MR) is 73.5 cm³/mol. The first kappa shape index (κ1) is 12.8. The van der Waals surface area contributed by atoms with Gasteiger partial charge >= 0.3 is 5.97 Å². The number of rotatable bonds is 5. The number of hydrogen-bond acceptors (Lipinski definition) is 3. The molecule has 1 aliphatic rings. The van der Waals surface area contributed by atoms with E-state index in [4.69, 9.17) is 0 Å². The van der Waals surface area contributed by atoms with Gasteiger partial charge in [-0.05, 0) is 25.3 Å². The molecule has 1 aromatic heterocycles. The summed E-state index contributed by atoms with van der Waals surface area (Å²) in [5.41, 5.74) is -0.224. The van der Waals surface area contributed by atoms with E-state index in [-0.39, 0.29) is 0 Å². The van der Waals surface area contributed by atoms with Crippen LogP contribution in [0.25, 0.3) is 0 Å². The summed E-state index contributed by atoms with van der Waals surface area (Å²) in [6, 6.07) is 9.27. The highest BCUT2D eigenvalue weighted by molar-refractivity contribution is 5.81. The zero-order valence-corrected chi connectivity index (χ0v) is 11.3. The zero-order chi connectivity index (χ0) is 14.2. The molecule has 0 spiro atoms. The fourth-order valence-corrected chi connectivity index (χ4v) is 2.36. The van der Waals surface area contributed by atoms with Crippen LogP contribution in [0.2, 0.25) is 0 Å². The highest BCUT2D eigenvalue weighted by Crippen LogP contribution is 2.38. The molecule has 1 unspecified atom stereocenters. The average Bonchev–Trinajstić information content (AvgIpc) is 3.20. The van der Waals surface area contributed by atoms with Gasteiger partial charge in [0.15, 0.2) is 5.82 Å². The van der Waals surface area contributed by atoms with Crippen molar-refractivity contribution in [1.82, 2.24) is 15.2 Å². The molecule has 2 N–H and O–H groups in total. The minimum atomic E-state index is -0.998. The zero-order valence-electron chi connectivity index (χ0n) is 11.3. The van der Waals surface area contributed by atoms with Gasteiger partial charge in [-0.25, -0.2) is 4.98 Å². The van der Waals surface area contributed by atoms with Gasteiger partial charge in [-0.15, -0.1) is 0 Å². The molecular formula is C15H17N3O2. The summed E-state index contributed by atoms with van der Waals surface area (Å²) >= 11 is 0. The normalized spacial score (nSPS) is 17.6. The smallest absolute Gasteiger partial charge is 0.314 e. The van der Waals surface area contributed by atoms with Crippen molar-refractivity contribution in [3.8, 4) is 0 Å². The molecule has 1 saturated carbocycles. The van der Waals surface area contributed by atoms with Crippen LogP contribution in [0.4, 0.5) is 0 Å². The highest BCUT2D eigenvalue weighted by Gasteiger charge is 2.37. The van der Waals surface area contributed by atoms with Crippen LogP contribution >= 0.6 is 0 Å². The molecule has 1 aromatic carbocycles. The molecule has 0 aliphatic heterocycles. The van der Waals surface area contributed by atoms with E-state index in [0.717, 1.165) is 24.2 Å². The van der Waals surface area contributed by atoms with Gasteiger partial charge in [-0.3, -0.25) is 9.89 Å². The summed E-state index contributed by atoms with van der Waals surface area (Å²) in [5, 5.41) is 16.7. The topological polar surface area (TPSA) is 78.9 Å². The number of H-pyrrole nitrogens is 1. The van der Waals surface area contributed by atoms with E-state index in [2.05, 4.69) is 15.2 Å². The number of aromatic amines is 1. The van der Waals surface area contributed by atoms with Gasteiger partial charge in [0.1, 0.15) is 5.82 Å². The monoisotopic (exact) mass is 271 g/mol. The van der Waals surface area contributed by atoms with Gasteiger partial charge in [0.2, 0.25) is 0 Å². The maximum Gasteiger partial charge on any atom is 0.314 e. The number of aliphatic carboxylic acids is 1. The maximum atomic E-state index is 11.7. The van der Waals surface area contributed by atoms with E-state index in [1.807, 2.05) is 30.3 Å². The van der Waals surface area contributed by atoms with E-state index in [1.54, 1.807) is 6.92 Å². The summed E-state index contributed by atoms with van der Waals surface area (Å²) in [6.45, 7) is 1.73. The largest absolute Gasteiger partial charge is 0.481 e. The van der Waals surface area contributed by atoms with Crippen molar-refractivity contribution in [3.05, 3.63) is 47.5 Å². The average molecular weight is 271 g/mol. The number of carbonyl (C=O) groups is 1. The first-order valence-electron chi connectivity index (χ1n) is 6.80. The number of carboxylic acids is 1. The van der Waals surface area contributed by atoms with E-state index < -0.39 is 11.4 Å². The summed E-state index contributed by atoms with van der Waals surface area (Å²) < 4.78 is 0. The predicted octanol–water partition coefficient (Wildman–Crippen LogP) is 2.27. The van der Waals surface area contributed by atoms with E-state index >= 15 is 0 Å². The molecule has 1 heterocycles. The van der Waals surface area contributed by atoms with Gasteiger partial charge in [-0.1, -0.05) is 30.3 Å².